The zero-order valence-corrected chi connectivity index (χ0v) is 12.3. The van der Waals surface area contributed by atoms with Crippen molar-refractivity contribution in [3.8, 4) is 0 Å². The van der Waals surface area contributed by atoms with Crippen molar-refractivity contribution in [2.24, 2.45) is 11.1 Å². The standard InChI is InChI=1S/C15H32N2/c1-5-14-8-6-7-10-17(14)11-9-13(16)12-15(2,3)4/h13-14H,5-12,16H2,1-4H3. The first kappa shape index (κ1) is 15.0. The summed E-state index contributed by atoms with van der Waals surface area (Å²) in [6, 6.07) is 1.19. The summed E-state index contributed by atoms with van der Waals surface area (Å²) in [6.07, 6.45) is 7.79. The highest BCUT2D eigenvalue weighted by atomic mass is 15.2. The Balaban J connectivity index is 2.28. The van der Waals surface area contributed by atoms with Gasteiger partial charge in [0, 0.05) is 12.1 Å². The van der Waals surface area contributed by atoms with E-state index in [2.05, 4.69) is 32.6 Å². The van der Waals surface area contributed by atoms with Gasteiger partial charge in [-0.25, -0.2) is 0 Å². The van der Waals surface area contributed by atoms with Gasteiger partial charge in [-0.3, -0.25) is 0 Å². The van der Waals surface area contributed by atoms with Crippen LogP contribution in [0.3, 0.4) is 0 Å². The summed E-state index contributed by atoms with van der Waals surface area (Å²) in [5.41, 5.74) is 6.60. The smallest absolute Gasteiger partial charge is 0.00926 e. The van der Waals surface area contributed by atoms with E-state index in [9.17, 15) is 0 Å². The van der Waals surface area contributed by atoms with Crippen molar-refractivity contribution in [1.29, 1.82) is 0 Å². The Morgan fingerprint density at radius 3 is 2.59 bits per heavy atom. The summed E-state index contributed by atoms with van der Waals surface area (Å²) >= 11 is 0. The molecular weight excluding hydrogens is 208 g/mol. The average Bonchev–Trinajstić information content (AvgIpc) is 2.24. The molecule has 1 saturated heterocycles. The lowest BCUT2D eigenvalue weighted by molar-refractivity contribution is 0.136. The summed E-state index contributed by atoms with van der Waals surface area (Å²) in [5, 5.41) is 0. The SMILES string of the molecule is CCC1CCCCN1CCC(N)CC(C)(C)C. The summed E-state index contributed by atoms with van der Waals surface area (Å²) < 4.78 is 0. The molecule has 0 aromatic carbocycles. The number of nitrogens with two attached hydrogens (primary N) is 1. The Labute approximate surface area is 108 Å². The van der Waals surface area contributed by atoms with Crippen LogP contribution in [0.5, 0.6) is 0 Å². The van der Waals surface area contributed by atoms with E-state index in [-0.39, 0.29) is 0 Å². The number of hydrogen-bond donors (Lipinski definition) is 1. The van der Waals surface area contributed by atoms with Crippen molar-refractivity contribution in [3.63, 3.8) is 0 Å². The molecule has 2 nitrogen and oxygen atoms in total. The molecule has 1 heterocycles. The van der Waals surface area contributed by atoms with E-state index >= 15 is 0 Å². The van der Waals surface area contributed by atoms with Crippen LogP contribution in [0, 0.1) is 5.41 Å². The second-order valence-corrected chi connectivity index (χ2v) is 6.91. The topological polar surface area (TPSA) is 29.3 Å². The van der Waals surface area contributed by atoms with Crippen LogP contribution in [0.25, 0.3) is 0 Å². The molecule has 0 aliphatic carbocycles. The second kappa shape index (κ2) is 6.75. The van der Waals surface area contributed by atoms with E-state index in [0.717, 1.165) is 18.9 Å². The molecule has 0 aromatic heterocycles. The van der Waals surface area contributed by atoms with Crippen molar-refractivity contribution in [2.75, 3.05) is 13.1 Å². The highest BCUT2D eigenvalue weighted by molar-refractivity contribution is 4.78. The fourth-order valence-electron chi connectivity index (χ4n) is 3.04. The van der Waals surface area contributed by atoms with Crippen LogP contribution < -0.4 is 5.73 Å². The van der Waals surface area contributed by atoms with Crippen molar-refractivity contribution in [2.45, 2.75) is 78.3 Å². The Kier molecular flexibility index (Phi) is 5.94. The average molecular weight is 240 g/mol. The lowest BCUT2D eigenvalue weighted by atomic mass is 9.87. The predicted molar refractivity (Wildman–Crippen MR) is 76.2 cm³/mol. The van der Waals surface area contributed by atoms with Gasteiger partial charge in [0.05, 0.1) is 0 Å². The van der Waals surface area contributed by atoms with E-state index in [1.807, 2.05) is 0 Å². The second-order valence-electron chi connectivity index (χ2n) is 6.91. The zero-order chi connectivity index (χ0) is 12.9. The molecule has 2 N–H and O–H groups in total. The van der Waals surface area contributed by atoms with Crippen LogP contribution in [-0.2, 0) is 0 Å². The number of rotatable bonds is 5. The third kappa shape index (κ3) is 5.87. The molecule has 0 bridgehead atoms. The number of nitrogens with zero attached hydrogens (tertiary/aromatic N) is 1. The first-order valence-electron chi connectivity index (χ1n) is 7.42. The van der Waals surface area contributed by atoms with Crippen molar-refractivity contribution < 1.29 is 0 Å². The van der Waals surface area contributed by atoms with Gasteiger partial charge in [-0.2, -0.15) is 0 Å². The summed E-state index contributed by atoms with van der Waals surface area (Å²) in [7, 11) is 0. The lowest BCUT2D eigenvalue weighted by Crippen LogP contribution is -2.41. The molecule has 0 spiro atoms. The molecule has 2 heteroatoms. The highest BCUT2D eigenvalue weighted by Crippen LogP contribution is 2.23. The van der Waals surface area contributed by atoms with Gasteiger partial charge in [-0.15, -0.1) is 0 Å². The molecule has 2 atom stereocenters. The Morgan fingerprint density at radius 2 is 2.00 bits per heavy atom. The number of likely N-dealkylation sites (tertiary alicyclic amines) is 1. The monoisotopic (exact) mass is 240 g/mol. The van der Waals surface area contributed by atoms with Crippen molar-refractivity contribution >= 4 is 0 Å². The van der Waals surface area contributed by atoms with Crippen LogP contribution >= 0.6 is 0 Å². The van der Waals surface area contributed by atoms with Crippen LogP contribution in [0.15, 0.2) is 0 Å². The minimum Gasteiger partial charge on any atom is -0.328 e. The van der Waals surface area contributed by atoms with Gasteiger partial charge >= 0.3 is 0 Å². The minimum absolute atomic E-state index is 0.367. The third-order valence-corrected chi connectivity index (χ3v) is 3.88. The first-order chi connectivity index (χ1) is 7.92. The summed E-state index contributed by atoms with van der Waals surface area (Å²) in [5.74, 6) is 0. The van der Waals surface area contributed by atoms with Gasteiger partial charge in [-0.1, -0.05) is 34.1 Å². The van der Waals surface area contributed by atoms with Crippen LogP contribution in [0.1, 0.15) is 66.2 Å². The minimum atomic E-state index is 0.367. The van der Waals surface area contributed by atoms with Gasteiger partial charge in [0.15, 0.2) is 0 Å². The van der Waals surface area contributed by atoms with E-state index in [1.165, 1.54) is 38.8 Å². The number of hydrogen-bond acceptors (Lipinski definition) is 2. The lowest BCUT2D eigenvalue weighted by Gasteiger charge is -2.36. The highest BCUT2D eigenvalue weighted by Gasteiger charge is 2.22. The number of piperidine rings is 1. The van der Waals surface area contributed by atoms with Gasteiger partial charge in [0.2, 0.25) is 0 Å². The quantitative estimate of drug-likeness (QED) is 0.798. The predicted octanol–water partition coefficient (Wildman–Crippen LogP) is 3.40. The van der Waals surface area contributed by atoms with Gasteiger partial charge in [0.1, 0.15) is 0 Å². The van der Waals surface area contributed by atoms with Gasteiger partial charge in [-0.05, 0) is 50.6 Å². The summed E-state index contributed by atoms with van der Waals surface area (Å²) in [6.45, 7) is 11.7. The normalized spacial score (nSPS) is 24.9. The maximum Gasteiger partial charge on any atom is 0.00926 e. The molecule has 17 heavy (non-hydrogen) atoms. The Bertz CT molecular complexity index is 207. The largest absolute Gasteiger partial charge is 0.328 e. The molecule has 0 radical (unpaired) electrons. The van der Waals surface area contributed by atoms with E-state index in [4.69, 9.17) is 5.73 Å². The van der Waals surface area contributed by atoms with E-state index < -0.39 is 0 Å². The van der Waals surface area contributed by atoms with Crippen LogP contribution in [0.4, 0.5) is 0 Å². The molecule has 1 fully saturated rings. The molecule has 2 unspecified atom stereocenters. The molecule has 1 aliphatic heterocycles. The third-order valence-electron chi connectivity index (χ3n) is 3.88. The van der Waals surface area contributed by atoms with Crippen molar-refractivity contribution in [1.82, 2.24) is 4.90 Å². The van der Waals surface area contributed by atoms with E-state index in [0.29, 0.717) is 11.5 Å². The van der Waals surface area contributed by atoms with Crippen molar-refractivity contribution in [3.05, 3.63) is 0 Å². The van der Waals surface area contributed by atoms with Gasteiger partial charge < -0.3 is 10.6 Å². The Morgan fingerprint density at radius 1 is 1.29 bits per heavy atom. The van der Waals surface area contributed by atoms with E-state index in [1.54, 1.807) is 0 Å². The fraction of sp³-hybridized carbons (Fsp3) is 1.00. The van der Waals surface area contributed by atoms with Crippen LogP contribution in [0.2, 0.25) is 0 Å². The molecule has 1 aliphatic rings. The first-order valence-corrected chi connectivity index (χ1v) is 7.42. The Hall–Kier alpha value is -0.0800. The molecule has 102 valence electrons. The molecule has 1 rings (SSSR count). The van der Waals surface area contributed by atoms with Gasteiger partial charge in [0.25, 0.3) is 0 Å². The van der Waals surface area contributed by atoms with Crippen LogP contribution in [-0.4, -0.2) is 30.1 Å². The maximum atomic E-state index is 6.24. The molecule has 0 saturated carbocycles. The molecule has 0 amide bonds. The fourth-order valence-corrected chi connectivity index (χ4v) is 3.04. The zero-order valence-electron chi connectivity index (χ0n) is 12.3. The molecule has 0 aromatic rings. The molecular formula is C15H32N2. The maximum absolute atomic E-state index is 6.24. The summed E-state index contributed by atoms with van der Waals surface area (Å²) in [4.78, 5) is 2.67.